The lowest BCUT2D eigenvalue weighted by atomic mass is 9.87. The number of halogens is 2. The van der Waals surface area contributed by atoms with Gasteiger partial charge >= 0.3 is 0 Å². The number of hydrogen-bond donors (Lipinski definition) is 1. The lowest BCUT2D eigenvalue weighted by Gasteiger charge is -2.34. The Kier molecular flexibility index (Phi) is 5.44. The van der Waals surface area contributed by atoms with Crippen LogP contribution in [0.15, 0.2) is 48.5 Å². The van der Waals surface area contributed by atoms with E-state index in [9.17, 15) is 9.90 Å². The predicted molar refractivity (Wildman–Crippen MR) is 96.0 cm³/mol. The molecule has 0 aromatic heterocycles. The number of hydrogen-bond acceptors (Lipinski definition) is 2. The molecule has 2 unspecified atom stereocenters. The van der Waals surface area contributed by atoms with Crippen LogP contribution in [-0.4, -0.2) is 22.5 Å². The van der Waals surface area contributed by atoms with Crippen LogP contribution >= 0.6 is 23.2 Å². The third-order valence-corrected chi connectivity index (χ3v) is 5.19. The highest BCUT2D eigenvalue weighted by Gasteiger charge is 2.34. The van der Waals surface area contributed by atoms with Crippen LogP contribution in [0.25, 0.3) is 0 Å². The van der Waals surface area contributed by atoms with Gasteiger partial charge in [0.1, 0.15) is 0 Å². The van der Waals surface area contributed by atoms with Crippen molar-refractivity contribution in [1.82, 2.24) is 4.90 Å². The second-order valence-corrected chi connectivity index (χ2v) is 6.93. The van der Waals surface area contributed by atoms with E-state index in [1.54, 1.807) is 18.2 Å². The third-order valence-electron chi connectivity index (χ3n) is 4.45. The maximum atomic E-state index is 12.8. The Labute approximate surface area is 151 Å². The lowest BCUT2D eigenvalue weighted by molar-refractivity contribution is -0.143. The predicted octanol–water partition coefficient (Wildman–Crippen LogP) is 4.47. The molecule has 0 spiro atoms. The molecule has 3 rings (SSSR count). The van der Waals surface area contributed by atoms with Gasteiger partial charge in [0.05, 0.1) is 22.1 Å². The summed E-state index contributed by atoms with van der Waals surface area (Å²) in [4.78, 5) is 14.6. The Bertz CT molecular complexity index is 721. The monoisotopic (exact) mass is 363 g/mol. The first-order chi connectivity index (χ1) is 11.6. The second kappa shape index (κ2) is 7.56. The second-order valence-electron chi connectivity index (χ2n) is 6.11. The molecule has 0 radical (unpaired) electrons. The quantitative estimate of drug-likeness (QED) is 0.870. The lowest BCUT2D eigenvalue weighted by Crippen LogP contribution is -2.42. The summed E-state index contributed by atoms with van der Waals surface area (Å²) in [5.41, 5.74) is 1.72. The van der Waals surface area contributed by atoms with Gasteiger partial charge in [0, 0.05) is 13.1 Å². The van der Waals surface area contributed by atoms with E-state index < -0.39 is 12.0 Å². The molecular formula is C19H19Cl2NO2. The van der Waals surface area contributed by atoms with E-state index in [4.69, 9.17) is 23.2 Å². The van der Waals surface area contributed by atoms with E-state index in [-0.39, 0.29) is 5.91 Å². The number of benzene rings is 2. The Morgan fingerprint density at radius 3 is 2.58 bits per heavy atom. The van der Waals surface area contributed by atoms with Crippen LogP contribution in [0.3, 0.4) is 0 Å². The first kappa shape index (κ1) is 17.3. The van der Waals surface area contributed by atoms with Crippen molar-refractivity contribution in [2.75, 3.05) is 6.54 Å². The number of piperidine rings is 1. The molecule has 1 aliphatic rings. The van der Waals surface area contributed by atoms with Crippen LogP contribution < -0.4 is 0 Å². The van der Waals surface area contributed by atoms with Crippen LogP contribution in [0, 0.1) is 5.92 Å². The zero-order chi connectivity index (χ0) is 17.1. The molecule has 1 saturated heterocycles. The topological polar surface area (TPSA) is 40.5 Å². The molecule has 1 fully saturated rings. The van der Waals surface area contributed by atoms with Crippen LogP contribution in [0.5, 0.6) is 0 Å². The minimum absolute atomic E-state index is 0.0105. The Morgan fingerprint density at radius 2 is 1.88 bits per heavy atom. The first-order valence-electron chi connectivity index (χ1n) is 8.02. The van der Waals surface area contributed by atoms with Crippen LogP contribution in [0.4, 0.5) is 0 Å². The number of carbonyl (C=O) groups is 1. The van der Waals surface area contributed by atoms with Gasteiger partial charge in [0.15, 0.2) is 0 Å². The van der Waals surface area contributed by atoms with Gasteiger partial charge in [0.25, 0.3) is 0 Å². The van der Waals surface area contributed by atoms with Gasteiger partial charge in [-0.3, -0.25) is 4.79 Å². The van der Waals surface area contributed by atoms with Gasteiger partial charge in [-0.15, -0.1) is 0 Å². The Balaban J connectivity index is 1.75. The van der Waals surface area contributed by atoms with Gasteiger partial charge < -0.3 is 10.0 Å². The summed E-state index contributed by atoms with van der Waals surface area (Å²) in [6, 6.07) is 14.9. The molecule has 2 atom stereocenters. The van der Waals surface area contributed by atoms with Crippen molar-refractivity contribution in [3.05, 3.63) is 69.7 Å². The fourth-order valence-corrected chi connectivity index (χ4v) is 3.46. The fraction of sp³-hybridized carbons (Fsp3) is 0.316. The van der Waals surface area contributed by atoms with E-state index in [2.05, 4.69) is 0 Å². The number of rotatable bonds is 4. The minimum atomic E-state index is -0.870. The zero-order valence-electron chi connectivity index (χ0n) is 13.2. The van der Waals surface area contributed by atoms with Crippen LogP contribution in [-0.2, 0) is 11.3 Å². The minimum Gasteiger partial charge on any atom is -0.388 e. The molecule has 2 aromatic carbocycles. The van der Waals surface area contributed by atoms with Gasteiger partial charge in [0.2, 0.25) is 5.91 Å². The Hall–Kier alpha value is -1.55. The Morgan fingerprint density at radius 1 is 1.12 bits per heavy atom. The first-order valence-corrected chi connectivity index (χ1v) is 8.77. The van der Waals surface area contributed by atoms with Gasteiger partial charge in [-0.2, -0.15) is 0 Å². The van der Waals surface area contributed by atoms with E-state index in [1.165, 1.54) is 0 Å². The molecule has 0 bridgehead atoms. The fourth-order valence-electron chi connectivity index (χ4n) is 3.15. The van der Waals surface area contributed by atoms with Crippen molar-refractivity contribution in [1.29, 1.82) is 0 Å². The molecule has 3 nitrogen and oxygen atoms in total. The van der Waals surface area contributed by atoms with Crippen molar-refractivity contribution >= 4 is 29.1 Å². The molecule has 126 valence electrons. The summed E-state index contributed by atoms with van der Waals surface area (Å²) in [5.74, 6) is -0.455. The summed E-state index contributed by atoms with van der Waals surface area (Å²) in [5, 5.41) is 11.5. The van der Waals surface area contributed by atoms with Gasteiger partial charge in [-0.05, 0) is 36.1 Å². The highest BCUT2D eigenvalue weighted by atomic mass is 35.5. The number of amides is 1. The largest absolute Gasteiger partial charge is 0.388 e. The van der Waals surface area contributed by atoms with E-state index in [0.717, 1.165) is 18.5 Å². The third kappa shape index (κ3) is 3.75. The molecule has 0 aliphatic carbocycles. The number of carbonyl (C=O) groups excluding carboxylic acids is 1. The molecule has 1 heterocycles. The van der Waals surface area contributed by atoms with Gasteiger partial charge in [-0.1, -0.05) is 59.6 Å². The summed E-state index contributed by atoms with van der Waals surface area (Å²) in [6.45, 7) is 1.29. The van der Waals surface area contributed by atoms with Crippen molar-refractivity contribution in [2.24, 2.45) is 5.92 Å². The van der Waals surface area contributed by atoms with Crippen molar-refractivity contribution in [2.45, 2.75) is 25.5 Å². The molecule has 2 aromatic rings. The zero-order valence-corrected chi connectivity index (χ0v) is 14.7. The number of likely N-dealkylation sites (tertiary alicyclic amines) is 1. The van der Waals surface area contributed by atoms with Crippen LogP contribution in [0.2, 0.25) is 10.0 Å². The molecule has 1 amide bonds. The average molecular weight is 364 g/mol. The van der Waals surface area contributed by atoms with E-state index in [1.807, 2.05) is 35.2 Å². The normalized spacial score (nSPS) is 19.4. The molecule has 24 heavy (non-hydrogen) atoms. The van der Waals surface area contributed by atoms with Crippen molar-refractivity contribution < 1.29 is 9.90 Å². The number of aliphatic hydroxyl groups excluding tert-OH is 1. The summed E-state index contributed by atoms with van der Waals surface area (Å²) in [6.07, 6.45) is 0.679. The highest BCUT2D eigenvalue weighted by Crippen LogP contribution is 2.34. The molecule has 0 saturated carbocycles. The average Bonchev–Trinajstić information content (AvgIpc) is 2.59. The summed E-state index contributed by atoms with van der Waals surface area (Å²) in [7, 11) is 0. The molecule has 1 aliphatic heterocycles. The van der Waals surface area contributed by atoms with Gasteiger partial charge in [-0.25, -0.2) is 0 Å². The van der Waals surface area contributed by atoms with Crippen LogP contribution in [0.1, 0.15) is 30.1 Å². The van der Waals surface area contributed by atoms with E-state index in [0.29, 0.717) is 28.6 Å². The standard InChI is InChI=1S/C19H19Cl2NO2/c20-16-9-8-14(11-17(16)21)18(23)15-7-4-10-22(19(15)24)12-13-5-2-1-3-6-13/h1-3,5-6,8-9,11,15,18,23H,4,7,10,12H2. The maximum Gasteiger partial charge on any atom is 0.228 e. The molecule has 1 N–H and O–H groups in total. The maximum absolute atomic E-state index is 12.8. The highest BCUT2D eigenvalue weighted by molar-refractivity contribution is 6.42. The van der Waals surface area contributed by atoms with Crippen molar-refractivity contribution in [3.63, 3.8) is 0 Å². The van der Waals surface area contributed by atoms with Crippen molar-refractivity contribution in [3.8, 4) is 0 Å². The summed E-state index contributed by atoms with van der Waals surface area (Å²) < 4.78 is 0. The van der Waals surface area contributed by atoms with E-state index >= 15 is 0 Å². The molecule has 5 heteroatoms. The SMILES string of the molecule is O=C1C(C(O)c2ccc(Cl)c(Cl)c2)CCCN1Cc1ccccc1. The number of aliphatic hydroxyl groups is 1. The summed E-state index contributed by atoms with van der Waals surface area (Å²) >= 11 is 12.0. The molecular weight excluding hydrogens is 345 g/mol. The smallest absolute Gasteiger partial charge is 0.228 e. The number of nitrogens with zero attached hydrogens (tertiary/aromatic N) is 1.